The Morgan fingerprint density at radius 3 is 2.13 bits per heavy atom. The van der Waals surface area contributed by atoms with Crippen molar-refractivity contribution >= 4 is 6.09 Å². The van der Waals surface area contributed by atoms with Gasteiger partial charge in [-0.3, -0.25) is 4.90 Å². The first-order valence-electron chi connectivity index (χ1n) is 8.87. The van der Waals surface area contributed by atoms with Gasteiger partial charge in [-0.2, -0.15) is 0 Å². The Kier molecular flexibility index (Phi) is 6.90. The van der Waals surface area contributed by atoms with E-state index in [1.54, 1.807) is 0 Å². The van der Waals surface area contributed by atoms with E-state index in [2.05, 4.69) is 31.0 Å². The van der Waals surface area contributed by atoms with Gasteiger partial charge in [0.05, 0.1) is 0 Å². The van der Waals surface area contributed by atoms with Crippen molar-refractivity contribution in [3.63, 3.8) is 0 Å². The summed E-state index contributed by atoms with van der Waals surface area (Å²) >= 11 is 0. The second kappa shape index (κ2) is 7.84. The SMILES string of the molecule is CC(NC(=O)OC(C)(C)C)C(CN)N1CCC(C(C)(C)C)CC1. The maximum atomic E-state index is 12.0. The van der Waals surface area contributed by atoms with E-state index in [1.165, 1.54) is 12.8 Å². The molecule has 0 aromatic carbocycles. The summed E-state index contributed by atoms with van der Waals surface area (Å²) in [7, 11) is 0. The van der Waals surface area contributed by atoms with Gasteiger partial charge >= 0.3 is 6.09 Å². The minimum atomic E-state index is -0.479. The summed E-state index contributed by atoms with van der Waals surface area (Å²) in [4.78, 5) is 14.4. The number of ether oxygens (including phenoxy) is 1. The van der Waals surface area contributed by atoms with Gasteiger partial charge in [0.25, 0.3) is 0 Å². The molecular weight excluding hydrogens is 290 g/mol. The first kappa shape index (κ1) is 20.2. The topological polar surface area (TPSA) is 67.6 Å². The van der Waals surface area contributed by atoms with Crippen molar-refractivity contribution in [1.82, 2.24) is 10.2 Å². The van der Waals surface area contributed by atoms with Crippen LogP contribution in [-0.4, -0.2) is 48.3 Å². The van der Waals surface area contributed by atoms with Crippen LogP contribution in [0.1, 0.15) is 61.3 Å². The van der Waals surface area contributed by atoms with Crippen molar-refractivity contribution in [2.24, 2.45) is 17.1 Å². The van der Waals surface area contributed by atoms with Crippen molar-refractivity contribution < 1.29 is 9.53 Å². The molecule has 1 aliphatic heterocycles. The molecule has 1 amide bonds. The molecule has 5 nitrogen and oxygen atoms in total. The van der Waals surface area contributed by atoms with E-state index in [0.29, 0.717) is 12.0 Å². The Labute approximate surface area is 142 Å². The fourth-order valence-electron chi connectivity index (χ4n) is 3.36. The number of alkyl carbamates (subject to hydrolysis) is 1. The third-order valence-corrected chi connectivity index (χ3v) is 4.79. The maximum absolute atomic E-state index is 12.0. The van der Waals surface area contributed by atoms with Gasteiger partial charge in [0.1, 0.15) is 5.60 Å². The highest BCUT2D eigenvalue weighted by atomic mass is 16.6. The van der Waals surface area contributed by atoms with Gasteiger partial charge in [0.2, 0.25) is 0 Å². The largest absolute Gasteiger partial charge is 0.444 e. The number of rotatable bonds is 4. The second-order valence-corrected chi connectivity index (χ2v) is 8.91. The lowest BCUT2D eigenvalue weighted by molar-refractivity contribution is 0.0418. The quantitative estimate of drug-likeness (QED) is 0.833. The third-order valence-electron chi connectivity index (χ3n) is 4.79. The lowest BCUT2D eigenvalue weighted by Crippen LogP contribution is -2.56. The van der Waals surface area contributed by atoms with E-state index in [4.69, 9.17) is 10.5 Å². The molecule has 0 aliphatic carbocycles. The lowest BCUT2D eigenvalue weighted by Gasteiger charge is -2.43. The zero-order valence-corrected chi connectivity index (χ0v) is 16.1. The molecule has 0 bridgehead atoms. The fourth-order valence-corrected chi connectivity index (χ4v) is 3.36. The van der Waals surface area contributed by atoms with Crippen LogP contribution in [0.5, 0.6) is 0 Å². The molecule has 0 aromatic rings. The summed E-state index contributed by atoms with van der Waals surface area (Å²) < 4.78 is 5.34. The third kappa shape index (κ3) is 6.68. The Morgan fingerprint density at radius 1 is 1.22 bits per heavy atom. The average Bonchev–Trinajstić information content (AvgIpc) is 2.36. The van der Waals surface area contributed by atoms with E-state index >= 15 is 0 Å². The number of amides is 1. The molecule has 2 atom stereocenters. The monoisotopic (exact) mass is 327 g/mol. The number of nitrogens with zero attached hydrogens (tertiary/aromatic N) is 1. The molecule has 2 unspecified atom stereocenters. The van der Waals surface area contributed by atoms with Crippen LogP contribution in [0.2, 0.25) is 0 Å². The van der Waals surface area contributed by atoms with Crippen LogP contribution < -0.4 is 11.1 Å². The van der Waals surface area contributed by atoms with Gasteiger partial charge in [-0.15, -0.1) is 0 Å². The number of nitrogens with two attached hydrogens (primary N) is 1. The lowest BCUT2D eigenvalue weighted by atomic mass is 9.75. The standard InChI is InChI=1S/C18H37N3O2/c1-13(20-16(22)23-18(5,6)7)15(12-19)21-10-8-14(9-11-21)17(2,3)4/h13-15H,8-12,19H2,1-7H3,(H,20,22). The van der Waals surface area contributed by atoms with E-state index < -0.39 is 5.60 Å². The number of hydrogen-bond acceptors (Lipinski definition) is 4. The van der Waals surface area contributed by atoms with E-state index in [9.17, 15) is 4.79 Å². The van der Waals surface area contributed by atoms with Crippen molar-refractivity contribution in [2.45, 2.75) is 79.0 Å². The molecule has 3 N–H and O–H groups in total. The van der Waals surface area contributed by atoms with E-state index in [1.807, 2.05) is 27.7 Å². The predicted molar refractivity (Wildman–Crippen MR) is 95.4 cm³/mol. The number of nitrogens with one attached hydrogen (secondary N) is 1. The Bertz CT molecular complexity index is 377. The molecule has 1 heterocycles. The van der Waals surface area contributed by atoms with Crippen LogP contribution in [0, 0.1) is 11.3 Å². The number of hydrogen-bond donors (Lipinski definition) is 2. The van der Waals surface area contributed by atoms with Crippen LogP contribution in [0.15, 0.2) is 0 Å². The molecule has 0 saturated carbocycles. The van der Waals surface area contributed by atoms with Crippen LogP contribution in [0.3, 0.4) is 0 Å². The first-order valence-corrected chi connectivity index (χ1v) is 8.87. The molecule has 0 aromatic heterocycles. The van der Waals surface area contributed by atoms with Crippen LogP contribution in [-0.2, 0) is 4.74 Å². The van der Waals surface area contributed by atoms with Crippen molar-refractivity contribution in [2.75, 3.05) is 19.6 Å². The minimum Gasteiger partial charge on any atom is -0.444 e. The summed E-state index contributed by atoms with van der Waals surface area (Å²) in [6.07, 6.45) is 2.02. The minimum absolute atomic E-state index is 0.0268. The van der Waals surface area contributed by atoms with Crippen LogP contribution in [0.25, 0.3) is 0 Å². The predicted octanol–water partition coefficient (Wildman–Crippen LogP) is 2.99. The molecule has 136 valence electrons. The normalized spacial score (nSPS) is 20.9. The maximum Gasteiger partial charge on any atom is 0.407 e. The Balaban J connectivity index is 2.55. The number of carbonyl (C=O) groups excluding carboxylic acids is 1. The molecule has 5 heteroatoms. The van der Waals surface area contributed by atoms with Crippen molar-refractivity contribution in [3.8, 4) is 0 Å². The Hall–Kier alpha value is -0.810. The van der Waals surface area contributed by atoms with Crippen molar-refractivity contribution in [3.05, 3.63) is 0 Å². The van der Waals surface area contributed by atoms with Gasteiger partial charge < -0.3 is 15.8 Å². The summed E-state index contributed by atoms with van der Waals surface area (Å²) in [6, 6.07) is 0.129. The summed E-state index contributed by atoms with van der Waals surface area (Å²) in [6.45, 7) is 17.2. The van der Waals surface area contributed by atoms with Gasteiger partial charge in [-0.25, -0.2) is 4.79 Å². The average molecular weight is 328 g/mol. The molecule has 1 aliphatic rings. The fraction of sp³-hybridized carbons (Fsp3) is 0.944. The van der Waals surface area contributed by atoms with Crippen LogP contribution >= 0.6 is 0 Å². The first-order chi connectivity index (χ1) is 10.4. The van der Waals surface area contributed by atoms with Crippen LogP contribution in [0.4, 0.5) is 4.79 Å². The van der Waals surface area contributed by atoms with Gasteiger partial charge in [-0.05, 0) is 65.0 Å². The number of likely N-dealkylation sites (tertiary alicyclic amines) is 1. The second-order valence-electron chi connectivity index (χ2n) is 8.91. The zero-order valence-electron chi connectivity index (χ0n) is 16.1. The molecule has 1 saturated heterocycles. The molecular formula is C18H37N3O2. The van der Waals surface area contributed by atoms with E-state index in [-0.39, 0.29) is 18.2 Å². The van der Waals surface area contributed by atoms with Gasteiger partial charge in [-0.1, -0.05) is 20.8 Å². The number of piperidine rings is 1. The zero-order chi connectivity index (χ0) is 17.8. The molecule has 0 spiro atoms. The molecule has 0 radical (unpaired) electrons. The number of carbonyl (C=O) groups is 1. The summed E-state index contributed by atoms with van der Waals surface area (Å²) in [5, 5.41) is 2.94. The van der Waals surface area contributed by atoms with E-state index in [0.717, 1.165) is 19.0 Å². The smallest absolute Gasteiger partial charge is 0.407 e. The highest BCUT2D eigenvalue weighted by molar-refractivity contribution is 5.68. The summed E-state index contributed by atoms with van der Waals surface area (Å²) in [5.41, 5.74) is 5.88. The highest BCUT2D eigenvalue weighted by Gasteiger charge is 2.33. The van der Waals surface area contributed by atoms with Crippen molar-refractivity contribution in [1.29, 1.82) is 0 Å². The summed E-state index contributed by atoms with van der Waals surface area (Å²) in [5.74, 6) is 0.756. The van der Waals surface area contributed by atoms with Gasteiger partial charge in [0.15, 0.2) is 0 Å². The Morgan fingerprint density at radius 2 is 1.74 bits per heavy atom. The highest BCUT2D eigenvalue weighted by Crippen LogP contribution is 2.34. The molecule has 1 fully saturated rings. The van der Waals surface area contributed by atoms with Gasteiger partial charge in [0, 0.05) is 18.6 Å². The molecule has 23 heavy (non-hydrogen) atoms. The molecule has 1 rings (SSSR count).